The predicted molar refractivity (Wildman–Crippen MR) is 164 cm³/mol. The van der Waals surface area contributed by atoms with E-state index in [-0.39, 0.29) is 12.2 Å². The maximum Gasteiger partial charge on any atom is 0.338 e. The molecule has 210 valence electrons. The molecule has 4 aromatic rings. The third-order valence-electron chi connectivity index (χ3n) is 6.80. The molecule has 0 radical (unpaired) electrons. The van der Waals surface area contributed by atoms with Crippen molar-refractivity contribution in [3.63, 3.8) is 0 Å². The quantitative estimate of drug-likeness (QED) is 0.231. The maximum absolute atomic E-state index is 13.8. The first-order valence-corrected chi connectivity index (χ1v) is 14.7. The highest BCUT2D eigenvalue weighted by Gasteiger charge is 2.33. The summed E-state index contributed by atoms with van der Waals surface area (Å²) >= 11 is 13.6. The fourth-order valence-corrected chi connectivity index (χ4v) is 6.49. The second-order valence-corrected chi connectivity index (χ2v) is 11.6. The van der Waals surface area contributed by atoms with E-state index in [2.05, 4.69) is 4.99 Å². The Morgan fingerprint density at radius 2 is 1.76 bits per heavy atom. The van der Waals surface area contributed by atoms with Crippen LogP contribution in [0.4, 0.5) is 0 Å². The summed E-state index contributed by atoms with van der Waals surface area (Å²) in [4.78, 5) is 32.0. The fraction of sp³-hybridized carbons (Fsp3) is 0.219. The zero-order valence-corrected chi connectivity index (χ0v) is 25.4. The van der Waals surface area contributed by atoms with E-state index in [9.17, 15) is 9.59 Å². The van der Waals surface area contributed by atoms with E-state index < -0.39 is 12.0 Å². The van der Waals surface area contributed by atoms with Crippen LogP contribution >= 0.6 is 34.5 Å². The minimum absolute atomic E-state index is 0.218. The SMILES string of the molecule is CCOC(=O)C1=C(C)N=c2s/c(=C\c3cc(C)c(OCc4ccc(Cl)cc4Cl)c(C)c3)c(=O)n2[C@H]1c1ccccc1. The normalized spacial score (nSPS) is 15.0. The number of hydrogen-bond acceptors (Lipinski definition) is 6. The first-order valence-electron chi connectivity index (χ1n) is 13.1. The lowest BCUT2D eigenvalue weighted by atomic mass is 9.96. The van der Waals surface area contributed by atoms with Crippen molar-refractivity contribution < 1.29 is 14.3 Å². The number of rotatable bonds is 7. The number of fused-ring (bicyclic) bond motifs is 1. The minimum Gasteiger partial charge on any atom is -0.488 e. The number of aryl methyl sites for hydroxylation is 2. The van der Waals surface area contributed by atoms with Crippen molar-refractivity contribution in [2.24, 2.45) is 4.99 Å². The standard InChI is InChI=1S/C32H28Cl2N2O4S/c1-5-39-31(38)27-20(4)35-32-36(28(27)22-9-7-6-8-10-22)30(37)26(41-32)15-21-13-18(2)29(19(3)14-21)40-17-23-11-12-24(33)16-25(23)34/h6-16,28H,5,17H2,1-4H3/b26-15-/t28-/m0/s1. The predicted octanol–water partition coefficient (Wildman–Crippen LogP) is 6.30. The molecule has 6 nitrogen and oxygen atoms in total. The van der Waals surface area contributed by atoms with Gasteiger partial charge in [0.05, 0.1) is 28.5 Å². The van der Waals surface area contributed by atoms with E-state index >= 15 is 0 Å². The number of nitrogens with zero attached hydrogens (tertiary/aromatic N) is 2. The Labute approximate surface area is 251 Å². The second kappa shape index (κ2) is 12.1. The van der Waals surface area contributed by atoms with Crippen LogP contribution in [0.25, 0.3) is 6.08 Å². The van der Waals surface area contributed by atoms with Crippen molar-refractivity contribution >= 4 is 46.6 Å². The van der Waals surface area contributed by atoms with Gasteiger partial charge in [0.15, 0.2) is 4.80 Å². The molecule has 0 saturated carbocycles. The molecule has 0 spiro atoms. The van der Waals surface area contributed by atoms with E-state index in [1.165, 1.54) is 11.3 Å². The first-order chi connectivity index (χ1) is 19.7. The summed E-state index contributed by atoms with van der Waals surface area (Å²) in [5.74, 6) is 0.284. The number of halogens is 2. The summed E-state index contributed by atoms with van der Waals surface area (Å²) in [6, 6.07) is 18.1. The van der Waals surface area contributed by atoms with Crippen molar-refractivity contribution in [3.05, 3.63) is 129 Å². The lowest BCUT2D eigenvalue weighted by Gasteiger charge is -2.24. The molecule has 1 aliphatic heterocycles. The van der Waals surface area contributed by atoms with Gasteiger partial charge in [-0.3, -0.25) is 9.36 Å². The number of carbonyl (C=O) groups is 1. The molecule has 3 aromatic carbocycles. The van der Waals surface area contributed by atoms with E-state index in [1.807, 2.05) is 68.5 Å². The van der Waals surface area contributed by atoms with Gasteiger partial charge in [-0.1, -0.05) is 70.9 Å². The summed E-state index contributed by atoms with van der Waals surface area (Å²) in [5.41, 5.74) is 5.06. The zero-order valence-electron chi connectivity index (χ0n) is 23.0. The minimum atomic E-state index is -0.632. The van der Waals surface area contributed by atoms with Crippen molar-refractivity contribution in [2.45, 2.75) is 40.3 Å². The van der Waals surface area contributed by atoms with Gasteiger partial charge >= 0.3 is 5.97 Å². The molecule has 41 heavy (non-hydrogen) atoms. The molecular formula is C32H28Cl2N2O4S. The number of aromatic nitrogens is 1. The summed E-state index contributed by atoms with van der Waals surface area (Å²) < 4.78 is 13.6. The fourth-order valence-electron chi connectivity index (χ4n) is 4.98. The highest BCUT2D eigenvalue weighted by atomic mass is 35.5. The molecule has 9 heteroatoms. The zero-order chi connectivity index (χ0) is 29.3. The molecule has 1 aliphatic rings. The van der Waals surface area contributed by atoms with Gasteiger partial charge in [-0.25, -0.2) is 9.79 Å². The van der Waals surface area contributed by atoms with Gasteiger partial charge < -0.3 is 9.47 Å². The summed E-state index contributed by atoms with van der Waals surface area (Å²) in [7, 11) is 0. The van der Waals surface area contributed by atoms with Crippen LogP contribution in [0.15, 0.2) is 81.7 Å². The summed E-state index contributed by atoms with van der Waals surface area (Å²) in [5, 5.41) is 1.12. The molecule has 1 aromatic heterocycles. The largest absolute Gasteiger partial charge is 0.488 e. The van der Waals surface area contributed by atoms with Crippen LogP contribution < -0.4 is 19.6 Å². The third-order valence-corrected chi connectivity index (χ3v) is 8.37. The maximum atomic E-state index is 13.8. The van der Waals surface area contributed by atoms with Crippen molar-refractivity contribution in [3.8, 4) is 5.75 Å². The Bertz CT molecular complexity index is 1840. The first kappa shape index (κ1) is 28.9. The average Bonchev–Trinajstić information content (AvgIpc) is 3.23. The average molecular weight is 608 g/mol. The van der Waals surface area contributed by atoms with Crippen LogP contribution in [0.5, 0.6) is 5.75 Å². The molecular weight excluding hydrogens is 579 g/mol. The Balaban J connectivity index is 1.53. The van der Waals surface area contributed by atoms with Gasteiger partial charge in [0.2, 0.25) is 0 Å². The van der Waals surface area contributed by atoms with E-state index in [4.69, 9.17) is 32.7 Å². The second-order valence-electron chi connectivity index (χ2n) is 9.72. The number of ether oxygens (including phenoxy) is 2. The van der Waals surface area contributed by atoms with Gasteiger partial charge in [0.1, 0.15) is 12.4 Å². The van der Waals surface area contributed by atoms with Gasteiger partial charge in [-0.2, -0.15) is 0 Å². The summed E-state index contributed by atoms with van der Waals surface area (Å²) in [6.45, 7) is 8.00. The molecule has 0 saturated heterocycles. The van der Waals surface area contributed by atoms with Crippen LogP contribution in [-0.4, -0.2) is 17.1 Å². The number of hydrogen-bond donors (Lipinski definition) is 0. The van der Waals surface area contributed by atoms with Gasteiger partial charge in [0, 0.05) is 15.6 Å². The molecule has 0 unspecified atom stereocenters. The molecule has 2 heterocycles. The van der Waals surface area contributed by atoms with Gasteiger partial charge in [-0.15, -0.1) is 0 Å². The smallest absolute Gasteiger partial charge is 0.338 e. The summed E-state index contributed by atoms with van der Waals surface area (Å²) in [6.07, 6.45) is 1.86. The number of thiazole rings is 1. The van der Waals surface area contributed by atoms with E-state index in [0.29, 0.717) is 37.3 Å². The van der Waals surface area contributed by atoms with Crippen molar-refractivity contribution in [1.82, 2.24) is 4.57 Å². The highest BCUT2D eigenvalue weighted by Crippen LogP contribution is 2.31. The van der Waals surface area contributed by atoms with Gasteiger partial charge in [-0.05, 0) is 80.3 Å². The Hall–Kier alpha value is -3.65. The molecule has 0 amide bonds. The number of esters is 1. The van der Waals surface area contributed by atoms with Gasteiger partial charge in [0.25, 0.3) is 5.56 Å². The molecule has 0 fully saturated rings. The van der Waals surface area contributed by atoms with Crippen molar-refractivity contribution in [2.75, 3.05) is 6.61 Å². The number of carbonyl (C=O) groups excluding carboxylic acids is 1. The number of benzene rings is 3. The molecule has 5 rings (SSSR count). The monoisotopic (exact) mass is 606 g/mol. The highest BCUT2D eigenvalue weighted by molar-refractivity contribution is 7.07. The van der Waals surface area contributed by atoms with Crippen LogP contribution in [0.2, 0.25) is 10.0 Å². The molecule has 0 N–H and O–H groups in total. The molecule has 1 atom stereocenters. The Morgan fingerprint density at radius 1 is 1.05 bits per heavy atom. The van der Waals surface area contributed by atoms with E-state index in [1.54, 1.807) is 30.5 Å². The topological polar surface area (TPSA) is 69.9 Å². The lowest BCUT2D eigenvalue weighted by Crippen LogP contribution is -2.39. The van der Waals surface area contributed by atoms with E-state index in [0.717, 1.165) is 33.6 Å². The van der Waals surface area contributed by atoms with Crippen LogP contribution in [0, 0.1) is 13.8 Å². The molecule has 0 aliphatic carbocycles. The Kier molecular flexibility index (Phi) is 8.50. The van der Waals surface area contributed by atoms with Crippen LogP contribution in [0.3, 0.4) is 0 Å². The Morgan fingerprint density at radius 3 is 2.41 bits per heavy atom. The number of allylic oxidation sites excluding steroid dienone is 1. The third kappa shape index (κ3) is 5.89. The lowest BCUT2D eigenvalue weighted by molar-refractivity contribution is -0.139. The van der Waals surface area contributed by atoms with Crippen LogP contribution in [0.1, 0.15) is 47.7 Å². The molecule has 0 bridgehead atoms. The van der Waals surface area contributed by atoms with Crippen molar-refractivity contribution in [1.29, 1.82) is 0 Å². The van der Waals surface area contributed by atoms with Crippen LogP contribution in [-0.2, 0) is 16.1 Å².